The van der Waals surface area contributed by atoms with Gasteiger partial charge in [-0.05, 0) is 30.2 Å². The molecule has 0 spiro atoms. The summed E-state index contributed by atoms with van der Waals surface area (Å²) in [6.07, 6.45) is 5.13. The van der Waals surface area contributed by atoms with Crippen LogP contribution in [-0.2, 0) is 20.8 Å². The van der Waals surface area contributed by atoms with E-state index in [9.17, 15) is 4.79 Å². The molecule has 1 aliphatic heterocycles. The van der Waals surface area contributed by atoms with E-state index in [1.165, 1.54) is 13.0 Å². The van der Waals surface area contributed by atoms with Gasteiger partial charge < -0.3 is 20.3 Å². The molecular formula is C17H19NO4. The quantitative estimate of drug-likeness (QED) is 0.816. The molecule has 116 valence electrons. The van der Waals surface area contributed by atoms with Gasteiger partial charge in [-0.15, -0.1) is 0 Å². The molecule has 5 nitrogen and oxygen atoms in total. The Morgan fingerprint density at radius 1 is 1.23 bits per heavy atom. The molecule has 0 fully saturated rings. The summed E-state index contributed by atoms with van der Waals surface area (Å²) in [4.78, 5) is 10.9. The number of aliphatic carboxylic acids is 1. The Balaban J connectivity index is 2.31. The van der Waals surface area contributed by atoms with Crippen molar-refractivity contribution in [3.8, 4) is 0 Å². The lowest BCUT2D eigenvalue weighted by Gasteiger charge is -2.18. The minimum Gasteiger partial charge on any atom is -0.486 e. The molecule has 0 atom stereocenters. The fourth-order valence-electron chi connectivity index (χ4n) is 2.00. The van der Waals surface area contributed by atoms with Crippen LogP contribution in [0.2, 0.25) is 0 Å². The smallest absolute Gasteiger partial charge is 0.331 e. The van der Waals surface area contributed by atoms with E-state index in [1.807, 2.05) is 30.3 Å². The van der Waals surface area contributed by atoms with Crippen LogP contribution in [0.1, 0.15) is 18.1 Å². The maximum absolute atomic E-state index is 10.9. The average Bonchev–Trinajstić information content (AvgIpc) is 2.54. The Kier molecular flexibility index (Phi) is 5.38. The zero-order valence-electron chi connectivity index (χ0n) is 12.4. The summed E-state index contributed by atoms with van der Waals surface area (Å²) in [6.45, 7) is 2.79. The average molecular weight is 301 g/mol. The van der Waals surface area contributed by atoms with Crippen molar-refractivity contribution in [3.63, 3.8) is 0 Å². The monoisotopic (exact) mass is 301 g/mol. The maximum Gasteiger partial charge on any atom is 0.331 e. The fourth-order valence-corrected chi connectivity index (χ4v) is 2.00. The van der Waals surface area contributed by atoms with Crippen molar-refractivity contribution < 1.29 is 19.4 Å². The van der Waals surface area contributed by atoms with Crippen molar-refractivity contribution >= 4 is 12.0 Å². The molecule has 1 aliphatic rings. The lowest BCUT2D eigenvalue weighted by atomic mass is 10.1. The van der Waals surface area contributed by atoms with Gasteiger partial charge in [-0.3, -0.25) is 0 Å². The Bertz CT molecular complexity index is 644. The third-order valence-corrected chi connectivity index (χ3v) is 3.22. The summed E-state index contributed by atoms with van der Waals surface area (Å²) in [5.41, 5.74) is 7.91. The number of allylic oxidation sites excluding steroid dienone is 2. The molecule has 0 aromatic heterocycles. The van der Waals surface area contributed by atoms with Gasteiger partial charge in [-0.25, -0.2) is 4.79 Å². The minimum absolute atomic E-state index is 0.189. The van der Waals surface area contributed by atoms with Crippen LogP contribution in [0, 0.1) is 0 Å². The van der Waals surface area contributed by atoms with Crippen LogP contribution in [0.15, 0.2) is 53.5 Å². The minimum atomic E-state index is -0.988. The summed E-state index contributed by atoms with van der Waals surface area (Å²) in [5.74, 6) is -0.0511. The second-order valence-corrected chi connectivity index (χ2v) is 4.79. The molecule has 0 saturated heterocycles. The van der Waals surface area contributed by atoms with E-state index in [-0.39, 0.29) is 5.57 Å². The van der Waals surface area contributed by atoms with Gasteiger partial charge in [-0.1, -0.05) is 30.3 Å². The molecule has 1 aromatic carbocycles. The molecule has 5 heteroatoms. The van der Waals surface area contributed by atoms with Crippen LogP contribution in [-0.4, -0.2) is 24.3 Å². The predicted molar refractivity (Wildman–Crippen MR) is 83.7 cm³/mol. The fraction of sp³-hybridized carbons (Fsp3) is 0.235. The van der Waals surface area contributed by atoms with Crippen molar-refractivity contribution in [3.05, 3.63) is 64.6 Å². The molecule has 0 radical (unpaired) electrons. The van der Waals surface area contributed by atoms with Gasteiger partial charge in [0, 0.05) is 12.1 Å². The lowest BCUT2D eigenvalue weighted by Crippen LogP contribution is -2.12. The van der Waals surface area contributed by atoms with E-state index in [1.54, 1.807) is 6.08 Å². The summed E-state index contributed by atoms with van der Waals surface area (Å²) in [6, 6.07) is 7.78. The van der Waals surface area contributed by atoms with Crippen molar-refractivity contribution in [1.82, 2.24) is 0 Å². The van der Waals surface area contributed by atoms with E-state index < -0.39 is 5.97 Å². The molecule has 1 heterocycles. The summed E-state index contributed by atoms with van der Waals surface area (Å²) < 4.78 is 11.1. The Hall–Kier alpha value is -2.53. The van der Waals surface area contributed by atoms with Crippen LogP contribution in [0.25, 0.3) is 6.08 Å². The molecule has 0 bridgehead atoms. The van der Waals surface area contributed by atoms with Crippen LogP contribution in [0.4, 0.5) is 0 Å². The molecule has 1 aromatic rings. The second kappa shape index (κ2) is 7.47. The Morgan fingerprint density at radius 3 is 2.59 bits per heavy atom. The van der Waals surface area contributed by atoms with Crippen molar-refractivity contribution in [2.45, 2.75) is 13.5 Å². The van der Waals surface area contributed by atoms with Gasteiger partial charge >= 0.3 is 5.97 Å². The van der Waals surface area contributed by atoms with E-state index in [0.717, 1.165) is 11.1 Å². The number of ether oxygens (including phenoxy) is 2. The standard InChI is InChI=1S/C17H19NO4/c1-12(17(19)20)10-16-15(21-8-9-22-16)7-6-13-4-2-3-5-14(13)11-18/h2-7,10H,8-9,11,18H2,1H3,(H,19,20)/b7-6+,12-10+. The summed E-state index contributed by atoms with van der Waals surface area (Å²) >= 11 is 0. The number of rotatable bonds is 5. The first-order valence-electron chi connectivity index (χ1n) is 6.99. The van der Waals surface area contributed by atoms with Crippen LogP contribution in [0.3, 0.4) is 0 Å². The van der Waals surface area contributed by atoms with Crippen molar-refractivity contribution in [2.75, 3.05) is 13.2 Å². The van der Waals surface area contributed by atoms with Gasteiger partial charge in [-0.2, -0.15) is 0 Å². The van der Waals surface area contributed by atoms with Gasteiger partial charge in [0.25, 0.3) is 0 Å². The molecule has 0 saturated carbocycles. The molecule has 0 aliphatic carbocycles. The summed E-state index contributed by atoms with van der Waals surface area (Å²) in [5, 5.41) is 8.96. The normalized spacial score (nSPS) is 15.6. The van der Waals surface area contributed by atoms with Crippen LogP contribution < -0.4 is 5.73 Å². The second-order valence-electron chi connectivity index (χ2n) is 4.79. The number of carboxylic acid groups (broad SMARTS) is 1. The number of carbonyl (C=O) groups is 1. The molecule has 0 unspecified atom stereocenters. The van der Waals surface area contributed by atoms with E-state index in [0.29, 0.717) is 31.3 Å². The first-order chi connectivity index (χ1) is 10.6. The van der Waals surface area contributed by atoms with E-state index in [2.05, 4.69) is 0 Å². The Labute approximate surface area is 129 Å². The highest BCUT2D eigenvalue weighted by atomic mass is 16.6. The highest BCUT2D eigenvalue weighted by molar-refractivity contribution is 5.86. The molecule has 3 N–H and O–H groups in total. The summed E-state index contributed by atoms with van der Waals surface area (Å²) in [7, 11) is 0. The maximum atomic E-state index is 10.9. The number of nitrogens with two attached hydrogens (primary N) is 1. The molecule has 22 heavy (non-hydrogen) atoms. The number of carboxylic acids is 1. The first-order valence-corrected chi connectivity index (χ1v) is 6.99. The number of benzene rings is 1. The van der Waals surface area contributed by atoms with Gasteiger partial charge in [0.1, 0.15) is 13.2 Å². The van der Waals surface area contributed by atoms with E-state index in [4.69, 9.17) is 20.3 Å². The number of hydrogen-bond donors (Lipinski definition) is 2. The van der Waals surface area contributed by atoms with Crippen LogP contribution >= 0.6 is 0 Å². The van der Waals surface area contributed by atoms with Crippen LogP contribution in [0.5, 0.6) is 0 Å². The highest BCUT2D eigenvalue weighted by Gasteiger charge is 2.13. The zero-order valence-corrected chi connectivity index (χ0v) is 12.4. The molecule has 2 rings (SSSR count). The highest BCUT2D eigenvalue weighted by Crippen LogP contribution is 2.20. The third-order valence-electron chi connectivity index (χ3n) is 3.22. The Morgan fingerprint density at radius 2 is 1.91 bits per heavy atom. The SMILES string of the molecule is C/C(=C\C1=C(/C=C/c2ccccc2CN)OCCO1)C(=O)O. The third kappa shape index (κ3) is 3.99. The van der Waals surface area contributed by atoms with Crippen molar-refractivity contribution in [2.24, 2.45) is 5.73 Å². The topological polar surface area (TPSA) is 81.8 Å². The largest absolute Gasteiger partial charge is 0.486 e. The van der Waals surface area contributed by atoms with E-state index >= 15 is 0 Å². The zero-order chi connectivity index (χ0) is 15.9. The molecular weight excluding hydrogens is 282 g/mol. The number of hydrogen-bond acceptors (Lipinski definition) is 4. The van der Waals surface area contributed by atoms with Gasteiger partial charge in [0.15, 0.2) is 11.5 Å². The van der Waals surface area contributed by atoms with Gasteiger partial charge in [0.2, 0.25) is 0 Å². The predicted octanol–water partition coefficient (Wildman–Crippen LogP) is 2.45. The van der Waals surface area contributed by atoms with Gasteiger partial charge in [0.05, 0.1) is 0 Å². The van der Waals surface area contributed by atoms with Crippen molar-refractivity contribution in [1.29, 1.82) is 0 Å². The molecule has 0 amide bonds. The lowest BCUT2D eigenvalue weighted by molar-refractivity contribution is -0.132. The first kappa shape index (κ1) is 15.9.